The fraction of sp³-hybridized carbons (Fsp3) is 0.500. The lowest BCUT2D eigenvalue weighted by molar-refractivity contribution is -0.130. The first-order chi connectivity index (χ1) is 14.5. The summed E-state index contributed by atoms with van der Waals surface area (Å²) in [7, 11) is 1.95. The molecule has 158 valence electrons. The summed E-state index contributed by atoms with van der Waals surface area (Å²) in [5, 5.41) is 8.53. The third-order valence-corrected chi connectivity index (χ3v) is 6.04. The Morgan fingerprint density at radius 2 is 2.17 bits per heavy atom. The average molecular weight is 409 g/mol. The van der Waals surface area contributed by atoms with Crippen molar-refractivity contribution in [2.75, 3.05) is 13.1 Å². The lowest BCUT2D eigenvalue weighted by Gasteiger charge is -2.16. The summed E-state index contributed by atoms with van der Waals surface area (Å²) in [4.78, 5) is 23.2. The standard InChI is InChI=1S/C22H28N6O2/c1-15-19(16(2)27(3)25-15)7-9-21(29)28-12-10-17(14-28)6-8-20-24-22(30-26-20)18-5-4-11-23-13-18/h4-5,11,13,17H,6-10,12,14H2,1-3H3. The maximum Gasteiger partial charge on any atom is 0.259 e. The third-order valence-electron chi connectivity index (χ3n) is 6.04. The molecule has 3 aromatic rings. The average Bonchev–Trinajstić information content (AvgIpc) is 3.47. The molecule has 1 aliphatic heterocycles. The van der Waals surface area contributed by atoms with Gasteiger partial charge >= 0.3 is 0 Å². The van der Waals surface area contributed by atoms with E-state index in [1.54, 1.807) is 12.4 Å². The molecule has 1 fully saturated rings. The van der Waals surface area contributed by atoms with Crippen LogP contribution in [0.4, 0.5) is 0 Å². The molecule has 0 aromatic carbocycles. The van der Waals surface area contributed by atoms with Gasteiger partial charge in [0.25, 0.3) is 5.89 Å². The van der Waals surface area contributed by atoms with Crippen LogP contribution in [0.25, 0.3) is 11.5 Å². The van der Waals surface area contributed by atoms with E-state index in [1.807, 2.05) is 35.7 Å². The Morgan fingerprint density at radius 1 is 1.30 bits per heavy atom. The number of carbonyl (C=O) groups excluding carboxylic acids is 1. The highest BCUT2D eigenvalue weighted by Gasteiger charge is 2.26. The molecule has 3 aromatic heterocycles. The summed E-state index contributed by atoms with van der Waals surface area (Å²) in [5.74, 6) is 1.93. The molecule has 4 heterocycles. The highest BCUT2D eigenvalue weighted by Crippen LogP contribution is 2.23. The Morgan fingerprint density at radius 3 is 2.90 bits per heavy atom. The van der Waals surface area contributed by atoms with Crippen LogP contribution in [0, 0.1) is 19.8 Å². The van der Waals surface area contributed by atoms with Crippen LogP contribution in [0.15, 0.2) is 29.0 Å². The van der Waals surface area contributed by atoms with Crippen LogP contribution in [0.1, 0.15) is 42.0 Å². The van der Waals surface area contributed by atoms with Gasteiger partial charge in [0.15, 0.2) is 5.82 Å². The maximum absolute atomic E-state index is 12.7. The lowest BCUT2D eigenvalue weighted by Crippen LogP contribution is -2.29. The molecule has 8 nitrogen and oxygen atoms in total. The van der Waals surface area contributed by atoms with Gasteiger partial charge in [-0.1, -0.05) is 5.16 Å². The summed E-state index contributed by atoms with van der Waals surface area (Å²) < 4.78 is 7.24. The van der Waals surface area contributed by atoms with Gasteiger partial charge in [-0.3, -0.25) is 14.5 Å². The van der Waals surface area contributed by atoms with Crippen LogP contribution in [-0.4, -0.2) is 48.8 Å². The molecule has 1 saturated heterocycles. The highest BCUT2D eigenvalue weighted by atomic mass is 16.5. The minimum Gasteiger partial charge on any atom is -0.342 e. The Bertz CT molecular complexity index is 1010. The van der Waals surface area contributed by atoms with E-state index < -0.39 is 0 Å². The topological polar surface area (TPSA) is 89.9 Å². The summed E-state index contributed by atoms with van der Waals surface area (Å²) in [6.45, 7) is 5.72. The van der Waals surface area contributed by atoms with Gasteiger partial charge in [0, 0.05) is 51.1 Å². The molecule has 8 heteroatoms. The predicted molar refractivity (Wildman–Crippen MR) is 112 cm³/mol. The van der Waals surface area contributed by atoms with Gasteiger partial charge in [-0.15, -0.1) is 0 Å². The van der Waals surface area contributed by atoms with Crippen molar-refractivity contribution >= 4 is 5.91 Å². The van der Waals surface area contributed by atoms with Crippen LogP contribution in [0.5, 0.6) is 0 Å². The zero-order chi connectivity index (χ0) is 21.1. The fourth-order valence-corrected chi connectivity index (χ4v) is 4.16. The van der Waals surface area contributed by atoms with Crippen molar-refractivity contribution in [1.82, 2.24) is 29.8 Å². The minimum absolute atomic E-state index is 0.235. The van der Waals surface area contributed by atoms with E-state index >= 15 is 0 Å². The quantitative estimate of drug-likeness (QED) is 0.597. The Hall–Kier alpha value is -3.03. The summed E-state index contributed by atoms with van der Waals surface area (Å²) in [5.41, 5.74) is 4.19. The van der Waals surface area contributed by atoms with Gasteiger partial charge in [-0.2, -0.15) is 10.1 Å². The smallest absolute Gasteiger partial charge is 0.259 e. The van der Waals surface area contributed by atoms with Crippen molar-refractivity contribution in [2.45, 2.75) is 46.0 Å². The normalized spacial score (nSPS) is 16.4. The van der Waals surface area contributed by atoms with E-state index in [1.165, 1.54) is 5.56 Å². The SMILES string of the molecule is Cc1nn(C)c(C)c1CCC(=O)N1CCC(CCc2noc(-c3cccnc3)n2)C1. The summed E-state index contributed by atoms with van der Waals surface area (Å²) in [6.07, 6.45) is 7.47. The number of likely N-dealkylation sites (tertiary alicyclic amines) is 1. The van der Waals surface area contributed by atoms with E-state index in [4.69, 9.17) is 4.52 Å². The molecule has 0 spiro atoms. The minimum atomic E-state index is 0.235. The number of aryl methyl sites for hydroxylation is 3. The van der Waals surface area contributed by atoms with E-state index in [0.29, 0.717) is 24.1 Å². The maximum atomic E-state index is 12.7. The number of aromatic nitrogens is 5. The lowest BCUT2D eigenvalue weighted by atomic mass is 10.0. The molecule has 0 aliphatic carbocycles. The molecule has 0 saturated carbocycles. The van der Waals surface area contributed by atoms with Gasteiger partial charge in [0.1, 0.15) is 0 Å². The summed E-state index contributed by atoms with van der Waals surface area (Å²) in [6, 6.07) is 3.75. The molecular formula is C22H28N6O2. The Kier molecular flexibility index (Phi) is 5.92. The first-order valence-corrected chi connectivity index (χ1v) is 10.5. The number of hydrogen-bond acceptors (Lipinski definition) is 6. The van der Waals surface area contributed by atoms with Crippen molar-refractivity contribution in [2.24, 2.45) is 13.0 Å². The van der Waals surface area contributed by atoms with Crippen LogP contribution in [0.3, 0.4) is 0 Å². The fourth-order valence-electron chi connectivity index (χ4n) is 4.16. The molecule has 1 atom stereocenters. The molecule has 30 heavy (non-hydrogen) atoms. The zero-order valence-electron chi connectivity index (χ0n) is 17.8. The summed E-state index contributed by atoms with van der Waals surface area (Å²) >= 11 is 0. The molecule has 1 aliphatic rings. The van der Waals surface area contributed by atoms with Crippen molar-refractivity contribution in [3.63, 3.8) is 0 Å². The molecule has 0 bridgehead atoms. The van der Waals surface area contributed by atoms with E-state index in [-0.39, 0.29) is 5.91 Å². The number of nitrogens with zero attached hydrogens (tertiary/aromatic N) is 6. The first kappa shape index (κ1) is 20.3. The van der Waals surface area contributed by atoms with Gasteiger partial charge in [0.2, 0.25) is 5.91 Å². The molecule has 4 rings (SSSR count). The monoisotopic (exact) mass is 408 g/mol. The van der Waals surface area contributed by atoms with Gasteiger partial charge in [-0.25, -0.2) is 0 Å². The van der Waals surface area contributed by atoms with Crippen molar-refractivity contribution < 1.29 is 9.32 Å². The second-order valence-electron chi connectivity index (χ2n) is 8.06. The Labute approximate surface area is 176 Å². The van der Waals surface area contributed by atoms with Crippen LogP contribution < -0.4 is 0 Å². The van der Waals surface area contributed by atoms with Gasteiger partial charge < -0.3 is 9.42 Å². The van der Waals surface area contributed by atoms with Crippen LogP contribution in [0.2, 0.25) is 0 Å². The van der Waals surface area contributed by atoms with Crippen molar-refractivity contribution in [1.29, 1.82) is 0 Å². The molecular weight excluding hydrogens is 380 g/mol. The van der Waals surface area contributed by atoms with Gasteiger partial charge in [0.05, 0.1) is 11.3 Å². The molecule has 0 radical (unpaired) electrons. The third kappa shape index (κ3) is 4.42. The van der Waals surface area contributed by atoms with E-state index in [0.717, 1.165) is 55.7 Å². The van der Waals surface area contributed by atoms with Crippen LogP contribution in [-0.2, 0) is 24.7 Å². The molecule has 1 unspecified atom stereocenters. The zero-order valence-corrected chi connectivity index (χ0v) is 17.8. The number of rotatable bonds is 7. The predicted octanol–water partition coefficient (Wildman–Crippen LogP) is 2.90. The van der Waals surface area contributed by atoms with E-state index in [9.17, 15) is 4.79 Å². The van der Waals surface area contributed by atoms with E-state index in [2.05, 4.69) is 27.1 Å². The van der Waals surface area contributed by atoms with Crippen molar-refractivity contribution in [3.8, 4) is 11.5 Å². The number of amides is 1. The number of hydrogen-bond donors (Lipinski definition) is 0. The number of carbonyl (C=O) groups is 1. The van der Waals surface area contributed by atoms with Gasteiger partial charge in [-0.05, 0) is 56.7 Å². The number of pyridine rings is 1. The molecule has 0 N–H and O–H groups in total. The second kappa shape index (κ2) is 8.77. The Balaban J connectivity index is 1.24. The largest absolute Gasteiger partial charge is 0.342 e. The van der Waals surface area contributed by atoms with Crippen LogP contribution >= 0.6 is 0 Å². The second-order valence-corrected chi connectivity index (χ2v) is 8.06. The molecule has 1 amide bonds. The van der Waals surface area contributed by atoms with Crippen molar-refractivity contribution in [3.05, 3.63) is 47.3 Å². The first-order valence-electron chi connectivity index (χ1n) is 10.5. The highest BCUT2D eigenvalue weighted by molar-refractivity contribution is 5.76.